The molecule has 0 saturated carbocycles. The van der Waals surface area contributed by atoms with Crippen LogP contribution in [-0.2, 0) is 16.6 Å². The molecule has 0 atom stereocenters. The largest absolute Gasteiger partial charge is 0.494 e. The number of hydrogen-bond donors (Lipinski definition) is 0. The molecule has 2 heterocycles. The average Bonchev–Trinajstić information content (AvgIpc) is 3.32. The molecule has 0 amide bonds. The lowest BCUT2D eigenvalue weighted by Crippen LogP contribution is -2.37. The van der Waals surface area contributed by atoms with E-state index in [0.717, 1.165) is 40.3 Å². The maximum absolute atomic E-state index is 13.2. The van der Waals surface area contributed by atoms with Crippen LogP contribution in [0.5, 0.6) is 5.75 Å². The summed E-state index contributed by atoms with van der Waals surface area (Å²) in [7, 11) is -3.49. The molecule has 4 aromatic rings. The van der Waals surface area contributed by atoms with Gasteiger partial charge in [0.1, 0.15) is 5.75 Å². The number of thiazole rings is 1. The van der Waals surface area contributed by atoms with E-state index in [1.807, 2.05) is 61.5 Å². The van der Waals surface area contributed by atoms with Gasteiger partial charge in [0.15, 0.2) is 4.80 Å². The molecule has 1 aliphatic rings. The Kier molecular flexibility index (Phi) is 8.12. The maximum atomic E-state index is 13.2. The highest BCUT2D eigenvalue weighted by Crippen LogP contribution is 2.27. The second-order valence-electron chi connectivity index (χ2n) is 9.62. The van der Waals surface area contributed by atoms with Gasteiger partial charge in [-0.2, -0.15) is 4.31 Å². The van der Waals surface area contributed by atoms with Gasteiger partial charge < -0.3 is 9.30 Å². The molecule has 38 heavy (non-hydrogen) atoms. The topological polar surface area (TPSA) is 63.9 Å². The number of ether oxygens (including phenoxy) is 1. The molecule has 0 aliphatic carbocycles. The first-order valence-electron chi connectivity index (χ1n) is 13.0. The van der Waals surface area contributed by atoms with E-state index < -0.39 is 10.0 Å². The molecule has 0 unspecified atom stereocenters. The fourth-order valence-electron chi connectivity index (χ4n) is 4.63. The normalized spacial score (nSPS) is 15.6. The van der Waals surface area contributed by atoms with E-state index in [9.17, 15) is 8.42 Å². The van der Waals surface area contributed by atoms with Gasteiger partial charge in [-0.15, -0.1) is 11.3 Å². The van der Waals surface area contributed by atoms with E-state index in [-0.39, 0.29) is 0 Å². The van der Waals surface area contributed by atoms with Crippen LogP contribution in [0.1, 0.15) is 32.3 Å². The van der Waals surface area contributed by atoms with Crippen LogP contribution in [0.3, 0.4) is 0 Å². The maximum Gasteiger partial charge on any atom is 0.243 e. The van der Waals surface area contributed by atoms with Gasteiger partial charge in [0.2, 0.25) is 10.0 Å². The van der Waals surface area contributed by atoms with E-state index in [0.29, 0.717) is 37.1 Å². The van der Waals surface area contributed by atoms with Gasteiger partial charge in [0, 0.05) is 18.5 Å². The molecule has 6 nitrogen and oxygen atoms in total. The van der Waals surface area contributed by atoms with E-state index in [4.69, 9.17) is 9.73 Å². The van der Waals surface area contributed by atoms with E-state index >= 15 is 0 Å². The molecule has 1 aromatic heterocycles. The van der Waals surface area contributed by atoms with Crippen LogP contribution in [0.25, 0.3) is 11.3 Å². The van der Waals surface area contributed by atoms with Gasteiger partial charge in [0.25, 0.3) is 0 Å². The van der Waals surface area contributed by atoms with Gasteiger partial charge in [-0.3, -0.25) is 0 Å². The van der Waals surface area contributed by atoms with Crippen molar-refractivity contribution in [3.63, 3.8) is 0 Å². The van der Waals surface area contributed by atoms with Crippen LogP contribution in [-0.4, -0.2) is 37.0 Å². The van der Waals surface area contributed by atoms with Crippen LogP contribution in [0.4, 0.5) is 5.69 Å². The Morgan fingerprint density at radius 3 is 2.29 bits per heavy atom. The zero-order valence-corrected chi connectivity index (χ0v) is 23.4. The van der Waals surface area contributed by atoms with Gasteiger partial charge in [0.05, 0.1) is 29.4 Å². The highest BCUT2D eigenvalue weighted by molar-refractivity contribution is 7.89. The van der Waals surface area contributed by atoms with Crippen LogP contribution in [0, 0.1) is 5.92 Å². The lowest BCUT2D eigenvalue weighted by atomic mass is 10.0. The third-order valence-corrected chi connectivity index (χ3v) is 9.66. The molecular weight excluding hydrogens is 514 g/mol. The standard InChI is InChI=1S/C30H33N3O3S2/c1-3-36-27-13-11-26(12-14-27)31-30-33(21-24-7-5-4-6-8-24)29(22-37-30)25-9-15-28(16-10-25)38(34,35)32-19-17-23(2)18-20-32/h4-16,22-23H,3,17-21H2,1-2H3. The third kappa shape index (κ3) is 5.93. The van der Waals surface area contributed by atoms with Gasteiger partial charge in [-0.25, -0.2) is 13.4 Å². The Bertz CT molecular complexity index is 1520. The molecule has 3 aromatic carbocycles. The summed E-state index contributed by atoms with van der Waals surface area (Å²) >= 11 is 1.57. The van der Waals surface area contributed by atoms with Crippen molar-refractivity contribution in [2.75, 3.05) is 19.7 Å². The first-order chi connectivity index (χ1) is 18.4. The van der Waals surface area contributed by atoms with E-state index in [2.05, 4.69) is 29.0 Å². The highest BCUT2D eigenvalue weighted by atomic mass is 32.2. The van der Waals surface area contributed by atoms with Gasteiger partial charge in [-0.1, -0.05) is 49.4 Å². The molecule has 0 radical (unpaired) electrons. The Balaban J connectivity index is 1.49. The molecule has 5 rings (SSSR count). The predicted octanol–water partition coefficient (Wildman–Crippen LogP) is 6.32. The smallest absolute Gasteiger partial charge is 0.243 e. The molecule has 1 fully saturated rings. The van der Waals surface area contributed by atoms with Crippen molar-refractivity contribution in [1.29, 1.82) is 0 Å². The number of hydrogen-bond acceptors (Lipinski definition) is 5. The predicted molar refractivity (Wildman–Crippen MR) is 153 cm³/mol. The van der Waals surface area contributed by atoms with Crippen molar-refractivity contribution in [3.8, 4) is 17.0 Å². The number of piperidine rings is 1. The molecule has 0 spiro atoms. The van der Waals surface area contributed by atoms with Crippen LogP contribution >= 0.6 is 11.3 Å². The van der Waals surface area contributed by atoms with E-state index in [1.165, 1.54) is 5.56 Å². The molecular formula is C30H33N3O3S2. The number of rotatable bonds is 8. The zero-order valence-electron chi connectivity index (χ0n) is 21.8. The minimum atomic E-state index is -3.49. The summed E-state index contributed by atoms with van der Waals surface area (Å²) in [6.07, 6.45) is 1.82. The monoisotopic (exact) mass is 547 g/mol. The summed E-state index contributed by atoms with van der Waals surface area (Å²) in [5.74, 6) is 1.40. The van der Waals surface area contributed by atoms with Crippen LogP contribution < -0.4 is 9.54 Å². The molecule has 1 aliphatic heterocycles. The van der Waals surface area contributed by atoms with Crippen LogP contribution in [0.2, 0.25) is 0 Å². The summed E-state index contributed by atoms with van der Waals surface area (Å²) in [5, 5.41) is 2.09. The first-order valence-corrected chi connectivity index (χ1v) is 15.4. The SMILES string of the molecule is CCOc1ccc(N=c2scc(-c3ccc(S(=O)(=O)N4CCC(C)CC4)cc3)n2Cc2ccccc2)cc1. The second kappa shape index (κ2) is 11.7. The summed E-state index contributed by atoms with van der Waals surface area (Å²) in [4.78, 5) is 6.15. The minimum Gasteiger partial charge on any atom is -0.494 e. The van der Waals surface area contributed by atoms with Gasteiger partial charge in [-0.05, 0) is 73.2 Å². The third-order valence-electron chi connectivity index (χ3n) is 6.88. The zero-order chi connectivity index (χ0) is 26.5. The second-order valence-corrected chi connectivity index (χ2v) is 12.4. The summed E-state index contributed by atoms with van der Waals surface area (Å²) in [6, 6.07) is 25.3. The molecule has 0 bridgehead atoms. The molecule has 8 heteroatoms. The highest BCUT2D eigenvalue weighted by Gasteiger charge is 2.28. The lowest BCUT2D eigenvalue weighted by Gasteiger charge is -2.29. The van der Waals surface area contributed by atoms with Crippen LogP contribution in [0.15, 0.2) is 94.1 Å². The minimum absolute atomic E-state index is 0.347. The quantitative estimate of drug-likeness (QED) is 0.259. The number of benzene rings is 3. The van der Waals surface area contributed by atoms with E-state index in [1.54, 1.807) is 27.8 Å². The fraction of sp³-hybridized carbons (Fsp3) is 0.300. The number of nitrogens with zero attached hydrogens (tertiary/aromatic N) is 3. The summed E-state index contributed by atoms with van der Waals surface area (Å²) in [5.41, 5.74) is 3.97. The van der Waals surface area contributed by atoms with Crippen molar-refractivity contribution >= 4 is 27.0 Å². The van der Waals surface area contributed by atoms with Crippen molar-refractivity contribution < 1.29 is 13.2 Å². The van der Waals surface area contributed by atoms with Gasteiger partial charge >= 0.3 is 0 Å². The Morgan fingerprint density at radius 1 is 0.947 bits per heavy atom. The number of aromatic nitrogens is 1. The Hall–Kier alpha value is -3.20. The summed E-state index contributed by atoms with van der Waals surface area (Å²) in [6.45, 7) is 6.60. The Labute approximate surface area is 228 Å². The average molecular weight is 548 g/mol. The molecule has 0 N–H and O–H groups in total. The number of sulfonamides is 1. The molecule has 198 valence electrons. The van der Waals surface area contributed by atoms with Crippen molar-refractivity contribution in [1.82, 2.24) is 8.87 Å². The Morgan fingerprint density at radius 2 is 1.63 bits per heavy atom. The van der Waals surface area contributed by atoms with Crippen molar-refractivity contribution in [3.05, 3.63) is 94.6 Å². The lowest BCUT2D eigenvalue weighted by molar-refractivity contribution is 0.288. The molecule has 1 saturated heterocycles. The first kappa shape index (κ1) is 26.4. The van der Waals surface area contributed by atoms with Crippen molar-refractivity contribution in [2.45, 2.75) is 38.1 Å². The van der Waals surface area contributed by atoms with Crippen molar-refractivity contribution in [2.24, 2.45) is 10.9 Å². The fourth-order valence-corrected chi connectivity index (χ4v) is 7.03. The summed E-state index contributed by atoms with van der Waals surface area (Å²) < 4.78 is 35.8.